The van der Waals surface area contributed by atoms with Gasteiger partial charge in [0.1, 0.15) is 0 Å². The van der Waals surface area contributed by atoms with Gasteiger partial charge in [-0.05, 0) is 32.0 Å². The van der Waals surface area contributed by atoms with Crippen LogP contribution in [0.25, 0.3) is 0 Å². The molecule has 0 aliphatic heterocycles. The zero-order chi connectivity index (χ0) is 14.1. The molecule has 1 aromatic carbocycles. The van der Waals surface area contributed by atoms with Crippen LogP contribution in [0, 0.1) is 0 Å². The van der Waals surface area contributed by atoms with E-state index in [9.17, 15) is 0 Å². The summed E-state index contributed by atoms with van der Waals surface area (Å²) in [5.74, 6) is 0. The van der Waals surface area contributed by atoms with E-state index in [4.69, 9.17) is 26.8 Å². The zero-order valence-corrected chi connectivity index (χ0v) is 12.4. The Balaban J connectivity index is 2.72. The molecule has 0 saturated heterocycles. The monoisotopic (exact) mass is 286 g/mol. The van der Waals surface area contributed by atoms with E-state index in [0.29, 0.717) is 31.5 Å². The molecule has 5 heteroatoms. The van der Waals surface area contributed by atoms with Gasteiger partial charge in [0, 0.05) is 31.3 Å². The van der Waals surface area contributed by atoms with Crippen LogP contribution in [0.5, 0.6) is 0 Å². The lowest BCUT2D eigenvalue weighted by molar-refractivity contribution is 0.141. The molecule has 0 spiro atoms. The Morgan fingerprint density at radius 1 is 1.11 bits per heavy atom. The first-order valence-electron chi connectivity index (χ1n) is 6.64. The number of rotatable bonds is 9. The fraction of sp³-hybridized carbons (Fsp3) is 0.571. The number of halogens is 1. The molecular formula is C14H23ClN2O2. The Bertz CT molecular complexity index is 364. The highest BCUT2D eigenvalue weighted by Gasteiger charge is 2.10. The van der Waals surface area contributed by atoms with Gasteiger partial charge in [0.05, 0.1) is 24.6 Å². The Morgan fingerprint density at radius 2 is 1.68 bits per heavy atom. The van der Waals surface area contributed by atoms with E-state index in [-0.39, 0.29) is 0 Å². The molecule has 0 aliphatic carbocycles. The van der Waals surface area contributed by atoms with Gasteiger partial charge in [0.15, 0.2) is 0 Å². The molecule has 0 bridgehead atoms. The molecule has 1 aromatic rings. The van der Waals surface area contributed by atoms with Crippen LogP contribution < -0.4 is 10.6 Å². The van der Waals surface area contributed by atoms with Crippen molar-refractivity contribution in [3.63, 3.8) is 0 Å². The third-order valence-electron chi connectivity index (χ3n) is 2.75. The predicted molar refractivity (Wildman–Crippen MR) is 81.1 cm³/mol. The van der Waals surface area contributed by atoms with Crippen LogP contribution in [0.15, 0.2) is 18.2 Å². The molecule has 0 aromatic heterocycles. The Kier molecular flexibility index (Phi) is 7.63. The average Bonchev–Trinajstić information content (AvgIpc) is 2.40. The van der Waals surface area contributed by atoms with Crippen molar-refractivity contribution in [3.05, 3.63) is 23.2 Å². The van der Waals surface area contributed by atoms with E-state index in [1.807, 2.05) is 26.0 Å². The topological polar surface area (TPSA) is 47.7 Å². The Labute approximate surface area is 120 Å². The number of hydrogen-bond donors (Lipinski definition) is 1. The van der Waals surface area contributed by atoms with Crippen molar-refractivity contribution >= 4 is 23.0 Å². The molecule has 0 aliphatic rings. The lowest BCUT2D eigenvalue weighted by atomic mass is 10.2. The summed E-state index contributed by atoms with van der Waals surface area (Å²) in [6.45, 7) is 8.26. The minimum absolute atomic E-state index is 0.661. The summed E-state index contributed by atoms with van der Waals surface area (Å²) in [6, 6.07) is 5.50. The summed E-state index contributed by atoms with van der Waals surface area (Å²) in [5.41, 5.74) is 7.67. The number of anilines is 2. The smallest absolute Gasteiger partial charge is 0.0641 e. The van der Waals surface area contributed by atoms with E-state index >= 15 is 0 Å². The highest BCUT2D eigenvalue weighted by molar-refractivity contribution is 6.31. The van der Waals surface area contributed by atoms with Gasteiger partial charge in [0.25, 0.3) is 0 Å². The maximum absolute atomic E-state index is 6.04. The molecule has 1 rings (SSSR count). The fourth-order valence-corrected chi connectivity index (χ4v) is 1.95. The van der Waals surface area contributed by atoms with E-state index in [0.717, 1.165) is 24.5 Å². The van der Waals surface area contributed by atoms with Crippen molar-refractivity contribution in [3.8, 4) is 0 Å². The highest BCUT2D eigenvalue weighted by atomic mass is 35.5. The third kappa shape index (κ3) is 5.68. The van der Waals surface area contributed by atoms with Gasteiger partial charge in [-0.2, -0.15) is 0 Å². The largest absolute Gasteiger partial charge is 0.397 e. The van der Waals surface area contributed by atoms with Crippen molar-refractivity contribution in [2.75, 3.05) is 50.2 Å². The molecule has 0 saturated carbocycles. The Morgan fingerprint density at radius 3 is 2.21 bits per heavy atom. The quantitative estimate of drug-likeness (QED) is 0.560. The first-order chi connectivity index (χ1) is 9.19. The fourth-order valence-electron chi connectivity index (χ4n) is 1.78. The van der Waals surface area contributed by atoms with Crippen LogP contribution in [-0.2, 0) is 9.47 Å². The van der Waals surface area contributed by atoms with Crippen molar-refractivity contribution in [2.24, 2.45) is 0 Å². The number of benzene rings is 1. The normalized spacial score (nSPS) is 10.7. The summed E-state index contributed by atoms with van der Waals surface area (Å²) in [6.07, 6.45) is 0. The molecule has 2 N–H and O–H groups in total. The molecule has 0 atom stereocenters. The summed E-state index contributed by atoms with van der Waals surface area (Å²) in [7, 11) is 0. The molecule has 0 fully saturated rings. The predicted octanol–water partition coefficient (Wildman–Crippen LogP) is 2.80. The van der Waals surface area contributed by atoms with Gasteiger partial charge in [-0.1, -0.05) is 11.6 Å². The zero-order valence-electron chi connectivity index (χ0n) is 11.7. The molecule has 0 amide bonds. The number of ether oxygens (including phenoxy) is 2. The van der Waals surface area contributed by atoms with Crippen molar-refractivity contribution < 1.29 is 9.47 Å². The SMILES string of the molecule is CCOCCN(CCOCC)c1cc(Cl)ccc1N. The summed E-state index contributed by atoms with van der Waals surface area (Å²) in [4.78, 5) is 2.15. The lowest BCUT2D eigenvalue weighted by Crippen LogP contribution is -2.31. The second kappa shape index (κ2) is 9.02. The van der Waals surface area contributed by atoms with Crippen LogP contribution in [0.1, 0.15) is 13.8 Å². The van der Waals surface area contributed by atoms with Crippen LogP contribution in [-0.4, -0.2) is 39.5 Å². The molecule has 0 heterocycles. The van der Waals surface area contributed by atoms with E-state index < -0.39 is 0 Å². The maximum Gasteiger partial charge on any atom is 0.0641 e. The summed E-state index contributed by atoms with van der Waals surface area (Å²) in [5, 5.41) is 0.682. The van der Waals surface area contributed by atoms with E-state index in [2.05, 4.69) is 4.90 Å². The summed E-state index contributed by atoms with van der Waals surface area (Å²) < 4.78 is 10.8. The molecule has 0 unspecified atom stereocenters. The van der Waals surface area contributed by atoms with Gasteiger partial charge in [-0.25, -0.2) is 0 Å². The van der Waals surface area contributed by atoms with Crippen LogP contribution in [0.2, 0.25) is 5.02 Å². The molecule has 0 radical (unpaired) electrons. The van der Waals surface area contributed by atoms with Gasteiger partial charge < -0.3 is 20.1 Å². The van der Waals surface area contributed by atoms with Crippen molar-refractivity contribution in [1.82, 2.24) is 0 Å². The molecular weight excluding hydrogens is 264 g/mol. The molecule has 19 heavy (non-hydrogen) atoms. The minimum atomic E-state index is 0.661. The second-order valence-corrected chi connectivity index (χ2v) is 4.52. The third-order valence-corrected chi connectivity index (χ3v) is 2.99. The van der Waals surface area contributed by atoms with Gasteiger partial charge in [-0.15, -0.1) is 0 Å². The minimum Gasteiger partial charge on any atom is -0.397 e. The summed E-state index contributed by atoms with van der Waals surface area (Å²) >= 11 is 6.04. The van der Waals surface area contributed by atoms with E-state index in [1.54, 1.807) is 6.07 Å². The number of nitrogens with two attached hydrogens (primary N) is 1. The number of nitrogens with zero attached hydrogens (tertiary/aromatic N) is 1. The average molecular weight is 287 g/mol. The number of nitrogen functional groups attached to an aromatic ring is 1. The van der Waals surface area contributed by atoms with E-state index in [1.165, 1.54) is 0 Å². The van der Waals surface area contributed by atoms with Crippen LogP contribution in [0.3, 0.4) is 0 Å². The maximum atomic E-state index is 6.04. The molecule has 108 valence electrons. The Hall–Kier alpha value is -0.970. The van der Waals surface area contributed by atoms with Crippen molar-refractivity contribution in [2.45, 2.75) is 13.8 Å². The van der Waals surface area contributed by atoms with Crippen molar-refractivity contribution in [1.29, 1.82) is 0 Å². The first-order valence-corrected chi connectivity index (χ1v) is 7.02. The van der Waals surface area contributed by atoms with Gasteiger partial charge in [0.2, 0.25) is 0 Å². The number of hydrogen-bond acceptors (Lipinski definition) is 4. The first kappa shape index (κ1) is 16.1. The van der Waals surface area contributed by atoms with Crippen LogP contribution in [0.4, 0.5) is 11.4 Å². The lowest BCUT2D eigenvalue weighted by Gasteiger charge is -2.26. The standard InChI is InChI=1S/C14H23ClN2O2/c1-3-18-9-7-17(8-10-19-4-2)14-11-12(15)5-6-13(14)16/h5-6,11H,3-4,7-10,16H2,1-2H3. The van der Waals surface area contributed by atoms with Gasteiger partial charge >= 0.3 is 0 Å². The highest BCUT2D eigenvalue weighted by Crippen LogP contribution is 2.26. The van der Waals surface area contributed by atoms with Gasteiger partial charge in [-0.3, -0.25) is 0 Å². The second-order valence-electron chi connectivity index (χ2n) is 4.08. The van der Waals surface area contributed by atoms with Crippen LogP contribution >= 0.6 is 11.6 Å². The molecule has 4 nitrogen and oxygen atoms in total.